The summed E-state index contributed by atoms with van der Waals surface area (Å²) in [5, 5.41) is 3.75. The molecule has 2 aliphatic rings. The summed E-state index contributed by atoms with van der Waals surface area (Å²) in [5.74, 6) is 1.85. The zero-order valence-corrected chi connectivity index (χ0v) is 17.7. The van der Waals surface area contributed by atoms with Crippen LogP contribution in [0, 0.1) is 17.8 Å². The lowest BCUT2D eigenvalue weighted by atomic mass is 9.81. The van der Waals surface area contributed by atoms with Gasteiger partial charge in [0.1, 0.15) is 5.72 Å². The molecule has 152 valence electrons. The molecule has 2 fully saturated rings. The lowest BCUT2D eigenvalue weighted by Crippen LogP contribution is -2.40. The molecule has 1 aliphatic heterocycles. The molecule has 0 radical (unpaired) electrons. The predicted molar refractivity (Wildman–Crippen MR) is 106 cm³/mol. The number of rotatable bonds is 9. The fourth-order valence-electron chi connectivity index (χ4n) is 4.69. The van der Waals surface area contributed by atoms with E-state index in [2.05, 4.69) is 33.0 Å². The van der Waals surface area contributed by atoms with E-state index in [1.54, 1.807) is 0 Å². The maximum Gasteiger partial charge on any atom is 0.305 e. The molecule has 1 saturated heterocycles. The summed E-state index contributed by atoms with van der Waals surface area (Å²) in [6.07, 6.45) is 10.9. The highest BCUT2D eigenvalue weighted by Gasteiger charge is 2.41. The second-order valence-corrected chi connectivity index (χ2v) is 9.26. The number of hydrogen-bond donors (Lipinski definition) is 1. The third-order valence-corrected chi connectivity index (χ3v) is 6.26. The van der Waals surface area contributed by atoms with Crippen LogP contribution < -0.4 is 5.32 Å². The van der Waals surface area contributed by atoms with Crippen LogP contribution >= 0.6 is 0 Å². The van der Waals surface area contributed by atoms with Gasteiger partial charge in [0, 0.05) is 12.5 Å². The van der Waals surface area contributed by atoms with E-state index in [9.17, 15) is 4.79 Å². The molecule has 1 unspecified atom stereocenters. The molecule has 1 saturated carbocycles. The SMILES string of the molecule is CCC(=O)OCCC(C[C@@H]1OC(C)(C)N[C@H]1CC1CCCCC1)C(C)C. The van der Waals surface area contributed by atoms with Crippen LogP contribution in [0.5, 0.6) is 0 Å². The van der Waals surface area contributed by atoms with Crippen molar-refractivity contribution in [1.82, 2.24) is 5.32 Å². The van der Waals surface area contributed by atoms with Gasteiger partial charge in [0.2, 0.25) is 0 Å². The van der Waals surface area contributed by atoms with Crippen LogP contribution in [0.1, 0.15) is 92.4 Å². The first kappa shape index (κ1) is 21.7. The molecule has 3 atom stereocenters. The van der Waals surface area contributed by atoms with Gasteiger partial charge in [-0.15, -0.1) is 0 Å². The molecule has 4 nitrogen and oxygen atoms in total. The molecular formula is C22H41NO3. The van der Waals surface area contributed by atoms with Gasteiger partial charge in [-0.2, -0.15) is 0 Å². The number of ether oxygens (including phenoxy) is 2. The minimum Gasteiger partial charge on any atom is -0.466 e. The lowest BCUT2D eigenvalue weighted by molar-refractivity contribution is -0.143. The van der Waals surface area contributed by atoms with Crippen molar-refractivity contribution in [2.45, 2.75) is 110 Å². The number of carbonyl (C=O) groups is 1. The standard InChI is InChI=1S/C22H41NO3/c1-6-21(24)25-13-12-18(16(2)3)15-20-19(23-22(4,5)26-20)14-17-10-8-7-9-11-17/h16-20,23H,6-15H2,1-5H3/t18?,19-,20-/m0/s1. The largest absolute Gasteiger partial charge is 0.466 e. The highest BCUT2D eigenvalue weighted by molar-refractivity contribution is 5.68. The first-order chi connectivity index (χ1) is 12.3. The van der Waals surface area contributed by atoms with Crippen molar-refractivity contribution < 1.29 is 14.3 Å². The molecular weight excluding hydrogens is 326 g/mol. The van der Waals surface area contributed by atoms with E-state index >= 15 is 0 Å². The van der Waals surface area contributed by atoms with E-state index in [1.165, 1.54) is 38.5 Å². The third kappa shape index (κ3) is 6.84. The van der Waals surface area contributed by atoms with E-state index in [0.29, 0.717) is 30.9 Å². The summed E-state index contributed by atoms with van der Waals surface area (Å²) in [5.41, 5.74) is -0.236. The van der Waals surface area contributed by atoms with E-state index in [4.69, 9.17) is 9.47 Å². The minimum atomic E-state index is -0.236. The van der Waals surface area contributed by atoms with E-state index < -0.39 is 0 Å². The van der Waals surface area contributed by atoms with Gasteiger partial charge < -0.3 is 9.47 Å². The van der Waals surface area contributed by atoms with Gasteiger partial charge in [-0.1, -0.05) is 52.9 Å². The van der Waals surface area contributed by atoms with Crippen LogP contribution in [0.3, 0.4) is 0 Å². The number of hydrogen-bond acceptors (Lipinski definition) is 4. The second-order valence-electron chi connectivity index (χ2n) is 9.26. The summed E-state index contributed by atoms with van der Waals surface area (Å²) in [6, 6.07) is 0.451. The molecule has 1 aliphatic carbocycles. The predicted octanol–water partition coefficient (Wildman–Crippen LogP) is 5.06. The monoisotopic (exact) mass is 367 g/mol. The highest BCUT2D eigenvalue weighted by Crippen LogP contribution is 2.35. The Balaban J connectivity index is 1.91. The lowest BCUT2D eigenvalue weighted by Gasteiger charge is -2.29. The van der Waals surface area contributed by atoms with E-state index in [1.807, 2.05) is 6.92 Å². The summed E-state index contributed by atoms with van der Waals surface area (Å²) >= 11 is 0. The van der Waals surface area contributed by atoms with Crippen molar-refractivity contribution in [3.05, 3.63) is 0 Å². The minimum absolute atomic E-state index is 0.0948. The maximum atomic E-state index is 11.4. The van der Waals surface area contributed by atoms with Gasteiger partial charge in [0.25, 0.3) is 0 Å². The molecule has 0 bridgehead atoms. The van der Waals surface area contributed by atoms with Crippen LogP contribution in [0.15, 0.2) is 0 Å². The Morgan fingerprint density at radius 2 is 1.92 bits per heavy atom. The molecule has 0 aromatic carbocycles. The average molecular weight is 368 g/mol. The maximum absolute atomic E-state index is 11.4. The molecule has 0 spiro atoms. The Bertz CT molecular complexity index is 429. The van der Waals surface area contributed by atoms with Crippen LogP contribution in [0.2, 0.25) is 0 Å². The Hall–Kier alpha value is -0.610. The Kier molecular flexibility index (Phi) is 8.41. The molecule has 2 rings (SSSR count). The first-order valence-corrected chi connectivity index (χ1v) is 10.9. The Morgan fingerprint density at radius 3 is 2.54 bits per heavy atom. The van der Waals surface area contributed by atoms with Crippen molar-refractivity contribution >= 4 is 5.97 Å². The zero-order chi connectivity index (χ0) is 19.2. The second kappa shape index (κ2) is 10.1. The molecule has 4 heteroatoms. The Labute approximate surface area is 160 Å². The fourth-order valence-corrected chi connectivity index (χ4v) is 4.69. The Morgan fingerprint density at radius 1 is 1.23 bits per heavy atom. The molecule has 0 aromatic heterocycles. The van der Waals surface area contributed by atoms with Gasteiger partial charge in [-0.3, -0.25) is 10.1 Å². The average Bonchev–Trinajstić information content (AvgIpc) is 2.87. The van der Waals surface area contributed by atoms with E-state index in [0.717, 1.165) is 18.8 Å². The molecule has 26 heavy (non-hydrogen) atoms. The first-order valence-electron chi connectivity index (χ1n) is 10.9. The highest BCUT2D eigenvalue weighted by atomic mass is 16.5. The van der Waals surface area contributed by atoms with Gasteiger partial charge >= 0.3 is 5.97 Å². The number of esters is 1. The van der Waals surface area contributed by atoms with Crippen LogP contribution in [0.25, 0.3) is 0 Å². The van der Waals surface area contributed by atoms with Crippen molar-refractivity contribution in [3.63, 3.8) is 0 Å². The number of nitrogens with one attached hydrogen (secondary N) is 1. The fraction of sp³-hybridized carbons (Fsp3) is 0.955. The summed E-state index contributed by atoms with van der Waals surface area (Å²) < 4.78 is 11.7. The van der Waals surface area contributed by atoms with Crippen molar-refractivity contribution in [2.24, 2.45) is 17.8 Å². The summed E-state index contributed by atoms with van der Waals surface area (Å²) in [7, 11) is 0. The van der Waals surface area contributed by atoms with Crippen LogP contribution in [-0.2, 0) is 14.3 Å². The molecule has 0 amide bonds. The van der Waals surface area contributed by atoms with Gasteiger partial charge in [-0.05, 0) is 50.9 Å². The summed E-state index contributed by atoms with van der Waals surface area (Å²) in [6.45, 7) is 11.2. The van der Waals surface area contributed by atoms with Gasteiger partial charge in [0.15, 0.2) is 0 Å². The van der Waals surface area contributed by atoms with E-state index in [-0.39, 0.29) is 17.8 Å². The molecule has 1 heterocycles. The van der Waals surface area contributed by atoms with Gasteiger partial charge in [0.05, 0.1) is 12.7 Å². The van der Waals surface area contributed by atoms with Gasteiger partial charge in [-0.25, -0.2) is 0 Å². The molecule has 0 aromatic rings. The zero-order valence-electron chi connectivity index (χ0n) is 17.7. The van der Waals surface area contributed by atoms with Crippen molar-refractivity contribution in [2.75, 3.05) is 6.61 Å². The number of carbonyl (C=O) groups excluding carboxylic acids is 1. The van der Waals surface area contributed by atoms with Crippen LogP contribution in [-0.4, -0.2) is 30.4 Å². The van der Waals surface area contributed by atoms with Crippen molar-refractivity contribution in [3.8, 4) is 0 Å². The van der Waals surface area contributed by atoms with Crippen molar-refractivity contribution in [1.29, 1.82) is 0 Å². The topological polar surface area (TPSA) is 47.6 Å². The quantitative estimate of drug-likeness (QED) is 0.579. The smallest absolute Gasteiger partial charge is 0.305 e. The van der Waals surface area contributed by atoms with Crippen LogP contribution in [0.4, 0.5) is 0 Å². The molecule has 1 N–H and O–H groups in total. The third-order valence-electron chi connectivity index (χ3n) is 6.26. The summed E-state index contributed by atoms with van der Waals surface area (Å²) in [4.78, 5) is 11.4. The normalized spacial score (nSPS) is 27.6.